The molecule has 2 aromatic heterocycles. The molecule has 2 heterocycles. The van der Waals surface area contributed by atoms with Crippen molar-refractivity contribution in [3.63, 3.8) is 0 Å². The van der Waals surface area contributed by atoms with Crippen LogP contribution in [0.5, 0.6) is 0 Å². The van der Waals surface area contributed by atoms with Crippen LogP contribution in [-0.4, -0.2) is 21.1 Å². The van der Waals surface area contributed by atoms with E-state index in [0.29, 0.717) is 12.2 Å². The molecule has 0 bridgehead atoms. The lowest BCUT2D eigenvalue weighted by molar-refractivity contribution is 0.0945. The summed E-state index contributed by atoms with van der Waals surface area (Å²) in [6.45, 7) is 0.388. The molecule has 0 saturated heterocycles. The highest BCUT2D eigenvalue weighted by atomic mass is 16.1. The molecular formula is C16H14N4O. The molecule has 0 atom stereocenters. The van der Waals surface area contributed by atoms with E-state index in [2.05, 4.69) is 20.5 Å². The van der Waals surface area contributed by atoms with Crippen LogP contribution in [0, 0.1) is 0 Å². The van der Waals surface area contributed by atoms with E-state index in [1.54, 1.807) is 12.3 Å². The average molecular weight is 278 g/mol. The number of benzene rings is 1. The highest BCUT2D eigenvalue weighted by Gasteiger charge is 2.10. The van der Waals surface area contributed by atoms with Gasteiger partial charge in [0.15, 0.2) is 0 Å². The second kappa shape index (κ2) is 6.00. The number of carbonyl (C=O) groups is 1. The molecule has 0 aliphatic carbocycles. The van der Waals surface area contributed by atoms with Crippen LogP contribution in [-0.2, 0) is 6.54 Å². The van der Waals surface area contributed by atoms with Crippen LogP contribution < -0.4 is 5.32 Å². The molecule has 0 fully saturated rings. The van der Waals surface area contributed by atoms with E-state index in [-0.39, 0.29) is 5.91 Å². The summed E-state index contributed by atoms with van der Waals surface area (Å²) in [5.74, 6) is -0.199. The Kier molecular flexibility index (Phi) is 3.73. The third-order valence-corrected chi connectivity index (χ3v) is 3.05. The van der Waals surface area contributed by atoms with E-state index < -0.39 is 0 Å². The van der Waals surface area contributed by atoms with Crippen molar-refractivity contribution in [3.05, 3.63) is 72.2 Å². The molecule has 104 valence electrons. The summed E-state index contributed by atoms with van der Waals surface area (Å²) >= 11 is 0. The van der Waals surface area contributed by atoms with Crippen LogP contribution in [0.2, 0.25) is 0 Å². The zero-order chi connectivity index (χ0) is 14.5. The fraction of sp³-hybridized carbons (Fsp3) is 0.0625. The van der Waals surface area contributed by atoms with Gasteiger partial charge in [-0.1, -0.05) is 36.4 Å². The quantitative estimate of drug-likeness (QED) is 0.770. The Morgan fingerprint density at radius 1 is 1.10 bits per heavy atom. The SMILES string of the molecule is O=C(NCc1ccccn1)c1cc(-c2ccccc2)n[nH]1. The highest BCUT2D eigenvalue weighted by molar-refractivity contribution is 5.93. The van der Waals surface area contributed by atoms with Crippen LogP contribution in [0.15, 0.2) is 60.8 Å². The Morgan fingerprint density at radius 3 is 2.67 bits per heavy atom. The number of amides is 1. The lowest BCUT2D eigenvalue weighted by atomic mass is 10.1. The third-order valence-electron chi connectivity index (χ3n) is 3.05. The van der Waals surface area contributed by atoms with Crippen LogP contribution in [0.1, 0.15) is 16.2 Å². The second-order valence-corrected chi connectivity index (χ2v) is 4.54. The normalized spacial score (nSPS) is 10.3. The topological polar surface area (TPSA) is 70.7 Å². The first kappa shape index (κ1) is 13.1. The fourth-order valence-corrected chi connectivity index (χ4v) is 1.96. The van der Waals surface area contributed by atoms with Crippen LogP contribution in [0.3, 0.4) is 0 Å². The number of hydrogen-bond acceptors (Lipinski definition) is 3. The van der Waals surface area contributed by atoms with Crippen molar-refractivity contribution in [3.8, 4) is 11.3 Å². The number of aromatic amines is 1. The van der Waals surface area contributed by atoms with Crippen molar-refractivity contribution in [2.45, 2.75) is 6.54 Å². The summed E-state index contributed by atoms with van der Waals surface area (Å²) in [4.78, 5) is 16.2. The Morgan fingerprint density at radius 2 is 1.90 bits per heavy atom. The van der Waals surface area contributed by atoms with Gasteiger partial charge in [0.25, 0.3) is 5.91 Å². The predicted molar refractivity (Wildman–Crippen MR) is 79.4 cm³/mol. The van der Waals surface area contributed by atoms with Gasteiger partial charge in [0.2, 0.25) is 0 Å². The van der Waals surface area contributed by atoms with Gasteiger partial charge in [-0.15, -0.1) is 0 Å². The molecule has 3 rings (SSSR count). The smallest absolute Gasteiger partial charge is 0.269 e. The van der Waals surface area contributed by atoms with Gasteiger partial charge in [-0.2, -0.15) is 5.10 Å². The second-order valence-electron chi connectivity index (χ2n) is 4.54. The summed E-state index contributed by atoms with van der Waals surface area (Å²) in [5, 5.41) is 9.73. The minimum atomic E-state index is -0.199. The van der Waals surface area contributed by atoms with Crippen molar-refractivity contribution in [1.82, 2.24) is 20.5 Å². The molecule has 0 aliphatic rings. The van der Waals surface area contributed by atoms with E-state index in [1.165, 1.54) is 0 Å². The molecule has 0 unspecified atom stereocenters. The molecule has 21 heavy (non-hydrogen) atoms. The monoisotopic (exact) mass is 278 g/mol. The number of H-pyrrole nitrogens is 1. The maximum Gasteiger partial charge on any atom is 0.269 e. The van der Waals surface area contributed by atoms with Gasteiger partial charge in [0.05, 0.1) is 17.9 Å². The maximum atomic E-state index is 12.1. The Balaban J connectivity index is 1.67. The number of rotatable bonds is 4. The molecule has 1 amide bonds. The maximum absolute atomic E-state index is 12.1. The van der Waals surface area contributed by atoms with Gasteiger partial charge < -0.3 is 5.32 Å². The number of aromatic nitrogens is 3. The lowest BCUT2D eigenvalue weighted by Gasteiger charge is -2.02. The zero-order valence-electron chi connectivity index (χ0n) is 11.3. The summed E-state index contributed by atoms with van der Waals surface area (Å²) in [6, 6.07) is 17.0. The van der Waals surface area contributed by atoms with Gasteiger partial charge in [-0.25, -0.2) is 0 Å². The first-order valence-electron chi connectivity index (χ1n) is 6.62. The van der Waals surface area contributed by atoms with E-state index in [1.807, 2.05) is 48.5 Å². The summed E-state index contributed by atoms with van der Waals surface area (Å²) in [5.41, 5.74) is 2.97. The Labute approximate surface area is 122 Å². The molecule has 0 aliphatic heterocycles. The minimum absolute atomic E-state index is 0.199. The Hall–Kier alpha value is -2.95. The molecular weight excluding hydrogens is 264 g/mol. The first-order chi connectivity index (χ1) is 10.3. The molecule has 5 heteroatoms. The van der Waals surface area contributed by atoms with Crippen molar-refractivity contribution < 1.29 is 4.79 Å². The van der Waals surface area contributed by atoms with Gasteiger partial charge in [-0.05, 0) is 18.2 Å². The van der Waals surface area contributed by atoms with Crippen LogP contribution in [0.4, 0.5) is 0 Å². The zero-order valence-corrected chi connectivity index (χ0v) is 11.3. The first-order valence-corrected chi connectivity index (χ1v) is 6.62. The molecule has 0 saturated carbocycles. The molecule has 3 aromatic rings. The van der Waals surface area contributed by atoms with Crippen molar-refractivity contribution in [1.29, 1.82) is 0 Å². The summed E-state index contributed by atoms with van der Waals surface area (Å²) in [7, 11) is 0. The largest absolute Gasteiger partial charge is 0.345 e. The Bertz CT molecular complexity index is 722. The number of nitrogens with zero attached hydrogens (tertiary/aromatic N) is 2. The lowest BCUT2D eigenvalue weighted by Crippen LogP contribution is -2.23. The summed E-state index contributed by atoms with van der Waals surface area (Å²) < 4.78 is 0. The van der Waals surface area contributed by atoms with E-state index >= 15 is 0 Å². The fourth-order valence-electron chi connectivity index (χ4n) is 1.96. The van der Waals surface area contributed by atoms with Gasteiger partial charge in [-0.3, -0.25) is 14.9 Å². The highest BCUT2D eigenvalue weighted by Crippen LogP contribution is 2.16. The minimum Gasteiger partial charge on any atom is -0.345 e. The number of carbonyl (C=O) groups excluding carboxylic acids is 1. The van der Waals surface area contributed by atoms with Crippen LogP contribution in [0.25, 0.3) is 11.3 Å². The summed E-state index contributed by atoms with van der Waals surface area (Å²) in [6.07, 6.45) is 1.70. The number of nitrogens with one attached hydrogen (secondary N) is 2. The average Bonchev–Trinajstić information content (AvgIpc) is 3.04. The molecule has 0 radical (unpaired) electrons. The standard InChI is InChI=1S/C16H14N4O/c21-16(18-11-13-8-4-5-9-17-13)15-10-14(19-20-15)12-6-2-1-3-7-12/h1-10H,11H2,(H,18,21)(H,19,20). The van der Waals surface area contributed by atoms with Crippen molar-refractivity contribution >= 4 is 5.91 Å². The van der Waals surface area contributed by atoms with Gasteiger partial charge in [0, 0.05) is 11.8 Å². The van der Waals surface area contributed by atoms with E-state index in [4.69, 9.17) is 0 Å². The number of hydrogen-bond donors (Lipinski definition) is 2. The van der Waals surface area contributed by atoms with Gasteiger partial charge in [0.1, 0.15) is 5.69 Å². The molecule has 5 nitrogen and oxygen atoms in total. The molecule has 1 aromatic carbocycles. The van der Waals surface area contributed by atoms with E-state index in [0.717, 1.165) is 17.0 Å². The predicted octanol–water partition coefficient (Wildman–Crippen LogP) is 2.40. The van der Waals surface area contributed by atoms with Crippen molar-refractivity contribution in [2.75, 3.05) is 0 Å². The third kappa shape index (κ3) is 3.14. The number of pyridine rings is 1. The van der Waals surface area contributed by atoms with Gasteiger partial charge >= 0.3 is 0 Å². The van der Waals surface area contributed by atoms with Crippen LogP contribution >= 0.6 is 0 Å². The molecule has 2 N–H and O–H groups in total. The van der Waals surface area contributed by atoms with E-state index in [9.17, 15) is 4.79 Å². The van der Waals surface area contributed by atoms with Crippen molar-refractivity contribution in [2.24, 2.45) is 0 Å². The molecule has 0 spiro atoms.